The molecule has 6 nitrogen and oxygen atoms in total. The van der Waals surface area contributed by atoms with E-state index >= 15 is 0 Å². The highest BCUT2D eigenvalue weighted by atomic mass is 127. The molecule has 0 aromatic heterocycles. The molecule has 0 bridgehead atoms. The number of ether oxygens (including phenoxy) is 1. The molecule has 1 aliphatic rings. The first-order valence-electron chi connectivity index (χ1n) is 8.44. The van der Waals surface area contributed by atoms with Crippen LogP contribution in [-0.2, 0) is 16.0 Å². The average molecular weight is 535 g/mol. The number of alkyl halides is 3. The number of nitrogens with one attached hydrogen (secondary N) is 1. The topological polar surface area (TPSA) is 71.0 Å². The highest BCUT2D eigenvalue weighted by Gasteiger charge is 2.40. The zero-order valence-electron chi connectivity index (χ0n) is 15.9. The third kappa shape index (κ3) is 6.13. The number of rotatable bonds is 4. The Bertz CT molecular complexity index is 781. The van der Waals surface area contributed by atoms with Crippen LogP contribution in [0.2, 0.25) is 0 Å². The van der Waals surface area contributed by atoms with Gasteiger partial charge in [-0.2, -0.15) is 13.2 Å². The maximum atomic E-state index is 12.5. The molecule has 0 spiro atoms. The number of hydrogen-bond donors (Lipinski definition) is 1. The summed E-state index contributed by atoms with van der Waals surface area (Å²) in [5.74, 6) is 0.960. The number of aliphatic imine (C=N–C) groups is 1. The van der Waals surface area contributed by atoms with Crippen molar-refractivity contribution in [3.8, 4) is 5.75 Å². The van der Waals surface area contributed by atoms with Crippen LogP contribution in [0.4, 0.5) is 13.2 Å². The number of sulfone groups is 1. The monoisotopic (exact) mass is 535 g/mol. The molecule has 11 heteroatoms. The van der Waals surface area contributed by atoms with Gasteiger partial charge in [0.15, 0.2) is 15.8 Å². The van der Waals surface area contributed by atoms with Crippen LogP contribution >= 0.6 is 24.0 Å². The molecule has 1 heterocycles. The fraction of sp³-hybridized carbons (Fsp3) is 0.588. The predicted octanol–water partition coefficient (Wildman–Crippen LogP) is 2.79. The molecule has 1 fully saturated rings. The van der Waals surface area contributed by atoms with Crippen molar-refractivity contribution in [3.05, 3.63) is 29.8 Å². The van der Waals surface area contributed by atoms with E-state index in [2.05, 4.69) is 10.3 Å². The van der Waals surface area contributed by atoms with E-state index in [1.807, 2.05) is 4.90 Å². The summed E-state index contributed by atoms with van der Waals surface area (Å²) < 4.78 is 66.3. The largest absolute Gasteiger partial charge is 0.492 e. The maximum Gasteiger partial charge on any atom is 0.416 e. The summed E-state index contributed by atoms with van der Waals surface area (Å²) in [6.45, 7) is 4.66. The van der Waals surface area contributed by atoms with Crippen molar-refractivity contribution in [1.29, 1.82) is 0 Å². The number of halogens is 4. The van der Waals surface area contributed by atoms with Crippen molar-refractivity contribution in [2.75, 3.05) is 39.0 Å². The molecule has 0 saturated carbocycles. The van der Waals surface area contributed by atoms with E-state index in [1.54, 1.807) is 20.9 Å². The first-order valence-corrected chi connectivity index (χ1v) is 10.1. The van der Waals surface area contributed by atoms with Gasteiger partial charge in [0.05, 0.1) is 22.6 Å². The molecule has 0 amide bonds. The smallest absolute Gasteiger partial charge is 0.416 e. The third-order valence-corrected chi connectivity index (χ3v) is 6.92. The fourth-order valence-electron chi connectivity index (χ4n) is 2.73. The number of benzene rings is 1. The molecule has 1 aliphatic heterocycles. The lowest BCUT2D eigenvalue weighted by atomic mass is 10.2. The number of guanidine groups is 1. The number of hydrogen-bond acceptors (Lipinski definition) is 4. The van der Waals surface area contributed by atoms with Gasteiger partial charge in [-0.15, -0.1) is 24.0 Å². The van der Waals surface area contributed by atoms with E-state index in [1.165, 1.54) is 12.1 Å². The lowest BCUT2D eigenvalue weighted by Gasteiger charge is -2.39. The summed E-state index contributed by atoms with van der Waals surface area (Å²) in [6.07, 6.45) is -4.37. The molecule has 0 atom stereocenters. The molecule has 0 radical (unpaired) electrons. The minimum atomic E-state index is -4.37. The average Bonchev–Trinajstić information content (AvgIpc) is 2.57. The van der Waals surface area contributed by atoms with Crippen molar-refractivity contribution in [2.24, 2.45) is 4.99 Å². The van der Waals surface area contributed by atoms with Crippen molar-refractivity contribution >= 4 is 39.8 Å². The zero-order valence-corrected chi connectivity index (χ0v) is 19.1. The third-order valence-electron chi connectivity index (χ3n) is 4.39. The van der Waals surface area contributed by atoms with Crippen molar-refractivity contribution in [2.45, 2.75) is 24.8 Å². The summed E-state index contributed by atoms with van der Waals surface area (Å²) in [5, 5.41) is 3.09. The van der Waals surface area contributed by atoms with Crippen LogP contribution in [0.5, 0.6) is 5.75 Å². The van der Waals surface area contributed by atoms with E-state index in [4.69, 9.17) is 4.74 Å². The Morgan fingerprint density at radius 2 is 1.89 bits per heavy atom. The van der Waals surface area contributed by atoms with Gasteiger partial charge in [0.1, 0.15) is 12.4 Å². The molecule has 0 aliphatic carbocycles. The molecule has 1 aromatic rings. The summed E-state index contributed by atoms with van der Waals surface area (Å²) in [5.41, 5.74) is -0.726. The van der Waals surface area contributed by atoms with Crippen LogP contribution in [0.25, 0.3) is 0 Å². The molecule has 28 heavy (non-hydrogen) atoms. The first kappa shape index (κ1) is 24.8. The molecule has 1 N–H and O–H groups in total. The number of nitrogens with zero attached hydrogens (tertiary/aromatic N) is 2. The van der Waals surface area contributed by atoms with Crippen LogP contribution in [0.1, 0.15) is 19.4 Å². The van der Waals surface area contributed by atoms with Gasteiger partial charge in [0.25, 0.3) is 0 Å². The standard InChI is InChI=1S/C17H24F3N3O3S.HI/c1-16(2)12-23(9-11-27(16,24)25)15(21-3)22-8-10-26-14-6-4-13(5-7-14)17(18,19)20;/h4-7H,8-12H2,1-3H3,(H,21,22);1H. The van der Waals surface area contributed by atoms with Crippen LogP contribution in [-0.4, -0.2) is 63.1 Å². The molecule has 0 unspecified atom stereocenters. The Labute approximate surface area is 180 Å². The van der Waals surface area contributed by atoms with E-state index in [0.717, 1.165) is 12.1 Å². The molecule has 1 aromatic carbocycles. The van der Waals surface area contributed by atoms with Crippen LogP contribution in [0.3, 0.4) is 0 Å². The zero-order chi connectivity index (χ0) is 20.3. The Hall–Kier alpha value is -1.24. The summed E-state index contributed by atoms with van der Waals surface area (Å²) in [6, 6.07) is 4.49. The quantitative estimate of drug-likeness (QED) is 0.278. The lowest BCUT2D eigenvalue weighted by Crippen LogP contribution is -2.57. The Morgan fingerprint density at radius 3 is 2.39 bits per heavy atom. The van der Waals surface area contributed by atoms with Crippen LogP contribution in [0.15, 0.2) is 29.3 Å². The normalized spacial score (nSPS) is 18.9. The van der Waals surface area contributed by atoms with Crippen LogP contribution in [0, 0.1) is 0 Å². The molecule has 2 rings (SSSR count). The Morgan fingerprint density at radius 1 is 1.29 bits per heavy atom. The van der Waals surface area contributed by atoms with Gasteiger partial charge in [-0.25, -0.2) is 8.42 Å². The second-order valence-electron chi connectivity index (χ2n) is 6.84. The first-order chi connectivity index (χ1) is 12.5. The highest BCUT2D eigenvalue weighted by molar-refractivity contribution is 14.0. The van der Waals surface area contributed by atoms with E-state index in [9.17, 15) is 21.6 Å². The minimum absolute atomic E-state index is 0. The van der Waals surface area contributed by atoms with Crippen LogP contribution < -0.4 is 10.1 Å². The van der Waals surface area contributed by atoms with E-state index in [-0.39, 0.29) is 36.3 Å². The Balaban J connectivity index is 0.00000392. The molecule has 1 saturated heterocycles. The SMILES string of the molecule is CN=C(NCCOc1ccc(C(F)(F)F)cc1)N1CCS(=O)(=O)C(C)(C)C1.I. The van der Waals surface area contributed by atoms with Gasteiger partial charge in [-0.3, -0.25) is 4.99 Å². The van der Waals surface area contributed by atoms with Gasteiger partial charge in [0.2, 0.25) is 0 Å². The molecular formula is C17H25F3IN3O3S. The molecular weight excluding hydrogens is 510 g/mol. The summed E-state index contributed by atoms with van der Waals surface area (Å²) in [7, 11) is -1.53. The van der Waals surface area contributed by atoms with Crippen molar-refractivity contribution < 1.29 is 26.3 Å². The highest BCUT2D eigenvalue weighted by Crippen LogP contribution is 2.30. The lowest BCUT2D eigenvalue weighted by molar-refractivity contribution is -0.137. The van der Waals surface area contributed by atoms with Crippen molar-refractivity contribution in [1.82, 2.24) is 10.2 Å². The van der Waals surface area contributed by atoms with Gasteiger partial charge in [-0.1, -0.05) is 0 Å². The Kier molecular flexibility index (Phi) is 8.42. The maximum absolute atomic E-state index is 12.5. The summed E-state index contributed by atoms with van der Waals surface area (Å²) in [4.78, 5) is 6.04. The van der Waals surface area contributed by atoms with Crippen molar-refractivity contribution in [3.63, 3.8) is 0 Å². The summed E-state index contributed by atoms with van der Waals surface area (Å²) >= 11 is 0. The molecule has 160 valence electrons. The van der Waals surface area contributed by atoms with Gasteiger partial charge in [-0.05, 0) is 38.1 Å². The second-order valence-corrected chi connectivity index (χ2v) is 9.59. The van der Waals surface area contributed by atoms with E-state index < -0.39 is 26.3 Å². The predicted molar refractivity (Wildman–Crippen MR) is 113 cm³/mol. The van der Waals surface area contributed by atoms with Gasteiger partial charge < -0.3 is 15.0 Å². The van der Waals surface area contributed by atoms with E-state index in [0.29, 0.717) is 31.3 Å². The van der Waals surface area contributed by atoms with Gasteiger partial charge >= 0.3 is 6.18 Å². The minimum Gasteiger partial charge on any atom is -0.492 e. The van der Waals surface area contributed by atoms with Gasteiger partial charge in [0, 0.05) is 20.1 Å². The fourth-order valence-corrected chi connectivity index (χ4v) is 4.09. The second kappa shape index (κ2) is 9.51.